The Morgan fingerprint density at radius 2 is 2.33 bits per heavy atom. The Kier molecular flexibility index (Phi) is 5.76. The third kappa shape index (κ3) is 4.36. The number of carbonyl (C=O) groups is 1. The lowest BCUT2D eigenvalue weighted by Gasteiger charge is -2.08. The number of aliphatic hydroxyl groups is 1. The highest BCUT2D eigenvalue weighted by atomic mass is 35.5. The van der Waals surface area contributed by atoms with Gasteiger partial charge in [-0.1, -0.05) is 18.5 Å². The molecule has 4 heteroatoms. The summed E-state index contributed by atoms with van der Waals surface area (Å²) in [5, 5.41) is 9.03. The van der Waals surface area contributed by atoms with Crippen LogP contribution in [0.1, 0.15) is 20.3 Å². The van der Waals surface area contributed by atoms with Crippen LogP contribution in [0.2, 0.25) is 0 Å². The molecule has 0 aromatic rings. The highest BCUT2D eigenvalue weighted by Crippen LogP contribution is 2.00. The first-order valence-corrected chi connectivity index (χ1v) is 4.17. The van der Waals surface area contributed by atoms with Gasteiger partial charge in [0, 0.05) is 11.1 Å². The fraction of sp³-hybridized carbons (Fsp3) is 0.625. The van der Waals surface area contributed by atoms with Crippen molar-refractivity contribution in [2.45, 2.75) is 26.4 Å². The largest absolute Gasteiger partial charge is 0.460 e. The lowest BCUT2D eigenvalue weighted by Crippen LogP contribution is -2.17. The van der Waals surface area contributed by atoms with Crippen molar-refractivity contribution in [2.24, 2.45) is 0 Å². The molecule has 70 valence electrons. The standard InChI is InChI=1S/C8H13ClO3/c1-3-7(10)5-12-8(11)6(2)4-9/h4,7,10H,3,5H2,1-2H3. The summed E-state index contributed by atoms with van der Waals surface area (Å²) in [5.41, 5.74) is 1.49. The third-order valence-electron chi connectivity index (χ3n) is 1.36. The number of aliphatic hydroxyl groups excluding tert-OH is 1. The molecule has 0 amide bonds. The number of esters is 1. The Balaban J connectivity index is 3.72. The summed E-state index contributed by atoms with van der Waals surface area (Å²) in [4.78, 5) is 10.9. The van der Waals surface area contributed by atoms with Gasteiger partial charge in [0.05, 0.1) is 6.10 Å². The first kappa shape index (κ1) is 11.5. The Morgan fingerprint density at radius 1 is 1.75 bits per heavy atom. The van der Waals surface area contributed by atoms with E-state index in [4.69, 9.17) is 21.4 Å². The maximum atomic E-state index is 10.9. The maximum absolute atomic E-state index is 10.9. The fourth-order valence-corrected chi connectivity index (χ4v) is 0.537. The first-order valence-electron chi connectivity index (χ1n) is 3.74. The summed E-state index contributed by atoms with van der Waals surface area (Å²) in [7, 11) is 0. The van der Waals surface area contributed by atoms with Crippen LogP contribution in [-0.2, 0) is 9.53 Å². The van der Waals surface area contributed by atoms with E-state index in [-0.39, 0.29) is 6.61 Å². The quantitative estimate of drug-likeness (QED) is 0.542. The normalized spacial score (nSPS) is 14.2. The number of hydrogen-bond acceptors (Lipinski definition) is 3. The fourth-order valence-electron chi connectivity index (χ4n) is 0.448. The molecule has 0 aromatic heterocycles. The van der Waals surface area contributed by atoms with Gasteiger partial charge in [-0.25, -0.2) is 4.79 Å². The molecular weight excluding hydrogens is 180 g/mol. The van der Waals surface area contributed by atoms with Crippen molar-refractivity contribution in [2.75, 3.05) is 6.61 Å². The number of halogens is 1. The lowest BCUT2D eigenvalue weighted by molar-refractivity contribution is -0.141. The van der Waals surface area contributed by atoms with Crippen molar-refractivity contribution >= 4 is 17.6 Å². The topological polar surface area (TPSA) is 46.5 Å². The van der Waals surface area contributed by atoms with Crippen LogP contribution in [0, 0.1) is 0 Å². The minimum absolute atomic E-state index is 0.0252. The minimum atomic E-state index is -0.586. The summed E-state index contributed by atoms with van der Waals surface area (Å²) in [5.74, 6) is -0.488. The van der Waals surface area contributed by atoms with E-state index >= 15 is 0 Å². The minimum Gasteiger partial charge on any atom is -0.460 e. The first-order chi connectivity index (χ1) is 5.61. The van der Waals surface area contributed by atoms with Gasteiger partial charge in [-0.2, -0.15) is 0 Å². The average Bonchev–Trinajstić information content (AvgIpc) is 2.11. The van der Waals surface area contributed by atoms with Crippen LogP contribution >= 0.6 is 11.6 Å². The van der Waals surface area contributed by atoms with Crippen molar-refractivity contribution in [1.82, 2.24) is 0 Å². The lowest BCUT2D eigenvalue weighted by atomic mass is 10.3. The molecule has 0 saturated carbocycles. The summed E-state index contributed by atoms with van der Waals surface area (Å²) in [6.45, 7) is 3.38. The molecule has 0 radical (unpaired) electrons. The zero-order chi connectivity index (χ0) is 9.56. The van der Waals surface area contributed by atoms with E-state index in [1.54, 1.807) is 6.92 Å². The van der Waals surface area contributed by atoms with Crippen LogP contribution in [0.15, 0.2) is 11.1 Å². The van der Waals surface area contributed by atoms with Crippen LogP contribution in [0.25, 0.3) is 0 Å². The SMILES string of the molecule is CCC(O)COC(=O)C(C)=CCl. The van der Waals surface area contributed by atoms with Crippen molar-refractivity contribution in [3.05, 3.63) is 11.1 Å². The summed E-state index contributed by atoms with van der Waals surface area (Å²) in [6.07, 6.45) is -0.0197. The molecule has 1 unspecified atom stereocenters. The second-order valence-electron chi connectivity index (χ2n) is 2.45. The monoisotopic (exact) mass is 192 g/mol. The van der Waals surface area contributed by atoms with E-state index in [1.807, 2.05) is 6.92 Å². The second kappa shape index (κ2) is 6.03. The molecular formula is C8H13ClO3. The smallest absolute Gasteiger partial charge is 0.334 e. The molecule has 0 fully saturated rings. The predicted molar refractivity (Wildman–Crippen MR) is 46.9 cm³/mol. The van der Waals surface area contributed by atoms with Gasteiger partial charge >= 0.3 is 5.97 Å². The maximum Gasteiger partial charge on any atom is 0.334 e. The highest BCUT2D eigenvalue weighted by Gasteiger charge is 2.07. The summed E-state index contributed by atoms with van der Waals surface area (Å²) < 4.78 is 4.71. The molecule has 0 aliphatic heterocycles. The Hall–Kier alpha value is -0.540. The molecule has 0 bridgehead atoms. The van der Waals surface area contributed by atoms with Crippen LogP contribution < -0.4 is 0 Å². The number of rotatable bonds is 4. The van der Waals surface area contributed by atoms with Gasteiger partial charge < -0.3 is 9.84 Å². The molecule has 0 spiro atoms. The summed E-state index contributed by atoms with van der Waals surface area (Å²) >= 11 is 5.27. The van der Waals surface area contributed by atoms with Gasteiger partial charge in [0.15, 0.2) is 0 Å². The number of ether oxygens (including phenoxy) is 1. The zero-order valence-electron chi connectivity index (χ0n) is 7.21. The molecule has 0 heterocycles. The molecule has 1 atom stereocenters. The van der Waals surface area contributed by atoms with E-state index in [9.17, 15) is 4.79 Å². The molecule has 3 nitrogen and oxygen atoms in total. The summed E-state index contributed by atoms with van der Waals surface area (Å²) in [6, 6.07) is 0. The van der Waals surface area contributed by atoms with E-state index in [0.29, 0.717) is 12.0 Å². The molecule has 0 aliphatic rings. The predicted octanol–water partition coefficient (Wildman–Crippen LogP) is 1.44. The zero-order valence-corrected chi connectivity index (χ0v) is 7.97. The van der Waals surface area contributed by atoms with Crippen molar-refractivity contribution < 1.29 is 14.6 Å². The van der Waals surface area contributed by atoms with Gasteiger partial charge in [0.2, 0.25) is 0 Å². The molecule has 12 heavy (non-hydrogen) atoms. The van der Waals surface area contributed by atoms with Gasteiger partial charge in [0.25, 0.3) is 0 Å². The van der Waals surface area contributed by atoms with Gasteiger partial charge in [0.1, 0.15) is 6.61 Å². The van der Waals surface area contributed by atoms with Crippen molar-refractivity contribution in [1.29, 1.82) is 0 Å². The average molecular weight is 193 g/mol. The van der Waals surface area contributed by atoms with Crippen LogP contribution in [0.4, 0.5) is 0 Å². The number of hydrogen-bond donors (Lipinski definition) is 1. The van der Waals surface area contributed by atoms with Gasteiger partial charge in [-0.15, -0.1) is 0 Å². The Bertz CT molecular complexity index is 177. The van der Waals surface area contributed by atoms with Gasteiger partial charge in [-0.3, -0.25) is 0 Å². The third-order valence-corrected chi connectivity index (χ3v) is 1.69. The van der Waals surface area contributed by atoms with E-state index in [1.165, 1.54) is 0 Å². The molecule has 0 saturated heterocycles. The Labute approximate surface area is 77.0 Å². The number of carbonyl (C=O) groups excluding carboxylic acids is 1. The molecule has 0 rings (SSSR count). The molecule has 0 aromatic carbocycles. The molecule has 0 aliphatic carbocycles. The van der Waals surface area contributed by atoms with Crippen LogP contribution in [0.5, 0.6) is 0 Å². The highest BCUT2D eigenvalue weighted by molar-refractivity contribution is 6.27. The van der Waals surface area contributed by atoms with Crippen molar-refractivity contribution in [3.8, 4) is 0 Å². The van der Waals surface area contributed by atoms with Crippen LogP contribution in [0.3, 0.4) is 0 Å². The van der Waals surface area contributed by atoms with Gasteiger partial charge in [-0.05, 0) is 13.3 Å². The second-order valence-corrected chi connectivity index (χ2v) is 2.67. The van der Waals surface area contributed by atoms with Crippen molar-refractivity contribution in [3.63, 3.8) is 0 Å². The van der Waals surface area contributed by atoms with E-state index in [0.717, 1.165) is 5.54 Å². The molecule has 1 N–H and O–H groups in total. The van der Waals surface area contributed by atoms with E-state index in [2.05, 4.69) is 0 Å². The van der Waals surface area contributed by atoms with E-state index < -0.39 is 12.1 Å². The van der Waals surface area contributed by atoms with Crippen LogP contribution in [-0.4, -0.2) is 23.8 Å². The Morgan fingerprint density at radius 3 is 2.75 bits per heavy atom.